The highest BCUT2D eigenvalue weighted by Crippen LogP contribution is 2.36. The minimum atomic E-state index is -4.58. The Morgan fingerprint density at radius 1 is 1.50 bits per heavy atom. The fourth-order valence-corrected chi connectivity index (χ4v) is 1.52. The summed E-state index contributed by atoms with van der Waals surface area (Å²) in [6.07, 6.45) is -4.58. The fraction of sp³-hybridized carbons (Fsp3) is 0.273. The lowest BCUT2D eigenvalue weighted by atomic mass is 10.1. The molecular weight excluding hydrogens is 313 g/mol. The summed E-state index contributed by atoms with van der Waals surface area (Å²) in [4.78, 5) is 11.4. The monoisotopic (exact) mass is 320 g/mol. The van der Waals surface area contributed by atoms with Gasteiger partial charge in [-0.15, -0.1) is 0 Å². The number of hydrogen-bond acceptors (Lipinski definition) is 2. The summed E-state index contributed by atoms with van der Waals surface area (Å²) < 4.78 is 38.4. The molecule has 1 atom stereocenters. The first-order valence-corrected chi connectivity index (χ1v) is 5.62. The third kappa shape index (κ3) is 3.47. The van der Waals surface area contributed by atoms with Crippen molar-refractivity contribution in [1.29, 1.82) is 5.26 Å². The normalized spacial score (nSPS) is 12.7. The third-order valence-corrected chi connectivity index (χ3v) is 2.63. The first-order chi connectivity index (χ1) is 8.25. The number of nitrogens with zero attached hydrogens (tertiary/aromatic N) is 1. The number of nitrogens with one attached hydrogen (secondary N) is 1. The van der Waals surface area contributed by atoms with Crippen molar-refractivity contribution in [1.82, 2.24) is 0 Å². The van der Waals surface area contributed by atoms with E-state index >= 15 is 0 Å². The SMILES string of the molecule is CC(C#N)C(=O)Nc1ccc(Br)cc1C(F)(F)F. The summed E-state index contributed by atoms with van der Waals surface area (Å²) in [5.41, 5.74) is -1.33. The summed E-state index contributed by atoms with van der Waals surface area (Å²) >= 11 is 2.93. The van der Waals surface area contributed by atoms with Crippen molar-refractivity contribution >= 4 is 27.5 Å². The molecule has 0 bridgehead atoms. The van der Waals surface area contributed by atoms with Gasteiger partial charge in [0, 0.05) is 4.47 Å². The number of carbonyl (C=O) groups excluding carboxylic acids is 1. The molecule has 1 aromatic rings. The lowest BCUT2D eigenvalue weighted by Gasteiger charge is -2.14. The Hall–Kier alpha value is -1.55. The summed E-state index contributed by atoms with van der Waals surface area (Å²) in [6, 6.07) is 5.03. The van der Waals surface area contributed by atoms with E-state index in [0.29, 0.717) is 0 Å². The highest BCUT2D eigenvalue weighted by molar-refractivity contribution is 9.10. The number of nitriles is 1. The number of amides is 1. The fourth-order valence-electron chi connectivity index (χ4n) is 1.16. The van der Waals surface area contributed by atoms with Crippen molar-refractivity contribution in [2.24, 2.45) is 5.92 Å². The maximum absolute atomic E-state index is 12.7. The van der Waals surface area contributed by atoms with E-state index < -0.39 is 23.6 Å². The number of hydrogen-bond donors (Lipinski definition) is 1. The van der Waals surface area contributed by atoms with Crippen LogP contribution in [-0.4, -0.2) is 5.91 Å². The average molecular weight is 321 g/mol. The largest absolute Gasteiger partial charge is 0.418 e. The van der Waals surface area contributed by atoms with Crippen molar-refractivity contribution in [2.45, 2.75) is 13.1 Å². The molecule has 1 rings (SSSR count). The van der Waals surface area contributed by atoms with Gasteiger partial charge in [-0.05, 0) is 25.1 Å². The van der Waals surface area contributed by atoms with Crippen LogP contribution in [0.5, 0.6) is 0 Å². The zero-order chi connectivity index (χ0) is 13.9. The molecule has 96 valence electrons. The van der Waals surface area contributed by atoms with E-state index in [2.05, 4.69) is 21.2 Å². The molecule has 0 saturated heterocycles. The molecule has 0 aromatic heterocycles. The topological polar surface area (TPSA) is 52.9 Å². The summed E-state index contributed by atoms with van der Waals surface area (Å²) in [5, 5.41) is 10.6. The van der Waals surface area contributed by atoms with Gasteiger partial charge in [0.05, 0.1) is 17.3 Å². The van der Waals surface area contributed by atoms with Crippen LogP contribution in [0.2, 0.25) is 0 Å². The van der Waals surface area contributed by atoms with Crippen LogP contribution >= 0.6 is 15.9 Å². The predicted molar refractivity (Wildman–Crippen MR) is 62.6 cm³/mol. The molecule has 0 aliphatic rings. The quantitative estimate of drug-likeness (QED) is 0.905. The molecule has 1 amide bonds. The number of anilines is 1. The lowest BCUT2D eigenvalue weighted by molar-refractivity contribution is -0.137. The van der Waals surface area contributed by atoms with Crippen molar-refractivity contribution in [2.75, 3.05) is 5.32 Å². The molecule has 1 N–H and O–H groups in total. The van der Waals surface area contributed by atoms with E-state index in [9.17, 15) is 18.0 Å². The average Bonchev–Trinajstić information content (AvgIpc) is 2.28. The minimum absolute atomic E-state index is 0.251. The van der Waals surface area contributed by atoms with Crippen molar-refractivity contribution in [3.05, 3.63) is 28.2 Å². The van der Waals surface area contributed by atoms with Crippen molar-refractivity contribution < 1.29 is 18.0 Å². The lowest BCUT2D eigenvalue weighted by Crippen LogP contribution is -2.21. The summed E-state index contributed by atoms with van der Waals surface area (Å²) in [6.45, 7) is 1.31. The van der Waals surface area contributed by atoms with Gasteiger partial charge >= 0.3 is 6.18 Å². The molecule has 0 aliphatic carbocycles. The van der Waals surface area contributed by atoms with Crippen LogP contribution in [0.15, 0.2) is 22.7 Å². The van der Waals surface area contributed by atoms with E-state index in [1.807, 2.05) is 0 Å². The van der Waals surface area contributed by atoms with Gasteiger partial charge in [0.1, 0.15) is 5.92 Å². The van der Waals surface area contributed by atoms with Gasteiger partial charge in [0.2, 0.25) is 5.91 Å². The van der Waals surface area contributed by atoms with Crippen LogP contribution in [0.1, 0.15) is 12.5 Å². The molecule has 3 nitrogen and oxygen atoms in total. The first-order valence-electron chi connectivity index (χ1n) is 4.83. The summed E-state index contributed by atoms with van der Waals surface area (Å²) in [7, 11) is 0. The zero-order valence-corrected chi connectivity index (χ0v) is 10.8. The molecule has 0 aliphatic heterocycles. The van der Waals surface area contributed by atoms with E-state index in [-0.39, 0.29) is 10.2 Å². The Morgan fingerprint density at radius 2 is 2.11 bits per heavy atom. The Kier molecular flexibility index (Phi) is 4.35. The van der Waals surface area contributed by atoms with Crippen LogP contribution in [-0.2, 0) is 11.0 Å². The van der Waals surface area contributed by atoms with Gasteiger partial charge in [-0.3, -0.25) is 4.79 Å². The Bertz CT molecular complexity index is 508. The number of benzene rings is 1. The maximum atomic E-state index is 12.7. The van der Waals surface area contributed by atoms with E-state index in [1.165, 1.54) is 13.0 Å². The van der Waals surface area contributed by atoms with Crippen LogP contribution < -0.4 is 5.32 Å². The molecule has 1 unspecified atom stereocenters. The predicted octanol–water partition coefficient (Wildman–Crippen LogP) is 3.57. The third-order valence-electron chi connectivity index (χ3n) is 2.13. The molecule has 1 aromatic carbocycles. The van der Waals surface area contributed by atoms with Gasteiger partial charge in [0.25, 0.3) is 0 Å². The van der Waals surface area contributed by atoms with Crippen LogP contribution in [0, 0.1) is 17.2 Å². The standard InChI is InChI=1S/C11H8BrF3N2O/c1-6(5-16)10(18)17-9-3-2-7(12)4-8(9)11(13,14)15/h2-4,6H,1H3,(H,17,18). The van der Waals surface area contributed by atoms with Crippen molar-refractivity contribution in [3.63, 3.8) is 0 Å². The van der Waals surface area contributed by atoms with Gasteiger partial charge in [-0.1, -0.05) is 15.9 Å². The van der Waals surface area contributed by atoms with E-state index in [4.69, 9.17) is 5.26 Å². The van der Waals surface area contributed by atoms with E-state index in [1.54, 1.807) is 6.07 Å². The van der Waals surface area contributed by atoms with Gasteiger partial charge in [-0.2, -0.15) is 18.4 Å². The zero-order valence-electron chi connectivity index (χ0n) is 9.18. The molecule has 0 radical (unpaired) electrons. The highest BCUT2D eigenvalue weighted by atomic mass is 79.9. The van der Waals surface area contributed by atoms with Crippen LogP contribution in [0.25, 0.3) is 0 Å². The smallest absolute Gasteiger partial charge is 0.324 e. The molecule has 7 heteroatoms. The minimum Gasteiger partial charge on any atom is -0.324 e. The second-order valence-corrected chi connectivity index (χ2v) is 4.44. The molecule has 0 heterocycles. The molecule has 0 saturated carbocycles. The molecule has 18 heavy (non-hydrogen) atoms. The highest BCUT2D eigenvalue weighted by Gasteiger charge is 2.34. The Morgan fingerprint density at radius 3 is 2.61 bits per heavy atom. The van der Waals surface area contributed by atoms with Gasteiger partial charge < -0.3 is 5.32 Å². The number of carbonyl (C=O) groups is 1. The second-order valence-electron chi connectivity index (χ2n) is 3.53. The number of halogens is 4. The molecule has 0 spiro atoms. The Labute approximate surface area is 110 Å². The van der Waals surface area contributed by atoms with Crippen LogP contribution in [0.3, 0.4) is 0 Å². The van der Waals surface area contributed by atoms with Gasteiger partial charge in [-0.25, -0.2) is 0 Å². The first kappa shape index (κ1) is 14.5. The Balaban J connectivity index is 3.11. The van der Waals surface area contributed by atoms with Crippen molar-refractivity contribution in [3.8, 4) is 6.07 Å². The molecular formula is C11H8BrF3N2O. The second kappa shape index (κ2) is 5.40. The maximum Gasteiger partial charge on any atom is 0.418 e. The summed E-state index contributed by atoms with van der Waals surface area (Å²) in [5.74, 6) is -1.79. The van der Waals surface area contributed by atoms with Gasteiger partial charge in [0.15, 0.2) is 0 Å². The number of alkyl halides is 3. The van der Waals surface area contributed by atoms with E-state index in [0.717, 1.165) is 12.1 Å². The number of rotatable bonds is 2. The van der Waals surface area contributed by atoms with Crippen LogP contribution in [0.4, 0.5) is 18.9 Å². The molecule has 0 fully saturated rings.